The molecule has 0 spiro atoms. The second kappa shape index (κ2) is 11.3. The Balaban J connectivity index is 1.56. The number of nitrogens with one attached hydrogen (secondary N) is 2. The van der Waals surface area contributed by atoms with Gasteiger partial charge in [0.25, 0.3) is 17.7 Å². The summed E-state index contributed by atoms with van der Waals surface area (Å²) >= 11 is 3.37. The SMILES string of the molecule is COc1cc(/C=C2\C(=O)NC(=O)N(c3ccccc3C)C2=O)cc(Br)c1OCC(=O)Nc1ccc(F)cc1. The minimum Gasteiger partial charge on any atom is -0.493 e. The number of hydrogen-bond donors (Lipinski definition) is 2. The molecule has 11 heteroatoms. The number of barbiturate groups is 1. The Bertz CT molecular complexity index is 1470. The number of hydrogen-bond acceptors (Lipinski definition) is 6. The first-order chi connectivity index (χ1) is 18.2. The zero-order valence-corrected chi connectivity index (χ0v) is 21.8. The lowest BCUT2D eigenvalue weighted by atomic mass is 10.1. The van der Waals surface area contributed by atoms with Crippen molar-refractivity contribution in [2.24, 2.45) is 0 Å². The van der Waals surface area contributed by atoms with Crippen molar-refractivity contribution in [1.29, 1.82) is 0 Å². The molecular formula is C27H21BrFN3O6. The summed E-state index contributed by atoms with van der Waals surface area (Å²) in [4.78, 5) is 51.4. The number of amides is 5. The van der Waals surface area contributed by atoms with Gasteiger partial charge in [0, 0.05) is 5.69 Å². The molecule has 0 atom stereocenters. The highest BCUT2D eigenvalue weighted by Gasteiger charge is 2.37. The van der Waals surface area contributed by atoms with E-state index in [-0.39, 0.29) is 23.7 Å². The molecule has 2 N–H and O–H groups in total. The molecule has 4 rings (SSSR count). The molecule has 194 valence electrons. The Morgan fingerprint density at radius 3 is 2.50 bits per heavy atom. The number of methoxy groups -OCH3 is 1. The van der Waals surface area contributed by atoms with Crippen LogP contribution in [0.25, 0.3) is 6.08 Å². The lowest BCUT2D eigenvalue weighted by Gasteiger charge is -2.27. The van der Waals surface area contributed by atoms with Crippen LogP contribution < -0.4 is 25.0 Å². The van der Waals surface area contributed by atoms with Crippen LogP contribution in [0.5, 0.6) is 11.5 Å². The highest BCUT2D eigenvalue weighted by molar-refractivity contribution is 9.10. The average Bonchev–Trinajstić information content (AvgIpc) is 2.88. The van der Waals surface area contributed by atoms with Crippen LogP contribution in [0.1, 0.15) is 11.1 Å². The molecule has 1 fully saturated rings. The molecule has 1 heterocycles. The number of anilines is 2. The Kier molecular flexibility index (Phi) is 7.87. The van der Waals surface area contributed by atoms with Crippen molar-refractivity contribution in [3.63, 3.8) is 0 Å². The molecule has 0 saturated carbocycles. The quantitative estimate of drug-likeness (QED) is 0.311. The molecule has 9 nitrogen and oxygen atoms in total. The van der Waals surface area contributed by atoms with Gasteiger partial charge in [-0.25, -0.2) is 14.1 Å². The van der Waals surface area contributed by atoms with Crippen LogP contribution in [0.2, 0.25) is 0 Å². The van der Waals surface area contributed by atoms with Gasteiger partial charge in [0.05, 0.1) is 17.3 Å². The number of imide groups is 2. The van der Waals surface area contributed by atoms with Crippen LogP contribution in [0.4, 0.5) is 20.6 Å². The maximum Gasteiger partial charge on any atom is 0.335 e. The summed E-state index contributed by atoms with van der Waals surface area (Å²) in [6.07, 6.45) is 1.33. The van der Waals surface area contributed by atoms with Gasteiger partial charge in [0.1, 0.15) is 11.4 Å². The molecule has 0 aromatic heterocycles. The van der Waals surface area contributed by atoms with Crippen molar-refractivity contribution in [2.45, 2.75) is 6.92 Å². The predicted octanol–water partition coefficient (Wildman–Crippen LogP) is 4.59. The molecule has 1 aliphatic heterocycles. The van der Waals surface area contributed by atoms with E-state index in [2.05, 4.69) is 26.6 Å². The topological polar surface area (TPSA) is 114 Å². The molecule has 3 aromatic rings. The predicted molar refractivity (Wildman–Crippen MR) is 141 cm³/mol. The summed E-state index contributed by atoms with van der Waals surface area (Å²) in [5, 5.41) is 4.78. The Morgan fingerprint density at radius 1 is 1.11 bits per heavy atom. The summed E-state index contributed by atoms with van der Waals surface area (Å²) in [5.74, 6) is -2.10. The van der Waals surface area contributed by atoms with Crippen LogP contribution in [-0.4, -0.2) is 37.5 Å². The van der Waals surface area contributed by atoms with Crippen LogP contribution in [0.15, 0.2) is 70.7 Å². The van der Waals surface area contributed by atoms with Gasteiger partial charge in [-0.15, -0.1) is 0 Å². The van der Waals surface area contributed by atoms with Crippen LogP contribution in [0, 0.1) is 12.7 Å². The summed E-state index contributed by atoms with van der Waals surface area (Å²) in [7, 11) is 1.39. The molecular weight excluding hydrogens is 561 g/mol. The molecule has 1 saturated heterocycles. The van der Waals surface area contributed by atoms with Gasteiger partial charge in [-0.3, -0.25) is 19.7 Å². The van der Waals surface area contributed by atoms with Crippen molar-refractivity contribution in [1.82, 2.24) is 5.32 Å². The zero-order chi connectivity index (χ0) is 27.4. The van der Waals surface area contributed by atoms with Crippen molar-refractivity contribution < 1.29 is 33.0 Å². The number of aryl methyl sites for hydroxylation is 1. The first-order valence-electron chi connectivity index (χ1n) is 11.2. The number of nitrogens with zero attached hydrogens (tertiary/aromatic N) is 1. The van der Waals surface area contributed by atoms with Gasteiger partial charge in [-0.1, -0.05) is 18.2 Å². The third kappa shape index (κ3) is 5.73. The molecule has 5 amide bonds. The highest BCUT2D eigenvalue weighted by atomic mass is 79.9. The molecule has 0 unspecified atom stereocenters. The van der Waals surface area contributed by atoms with Gasteiger partial charge in [-0.2, -0.15) is 0 Å². The maximum atomic E-state index is 13.2. The van der Waals surface area contributed by atoms with Crippen LogP contribution in [0.3, 0.4) is 0 Å². The summed E-state index contributed by atoms with van der Waals surface area (Å²) in [6.45, 7) is 1.37. The zero-order valence-electron chi connectivity index (χ0n) is 20.2. The number of rotatable bonds is 7. The second-order valence-corrected chi connectivity index (χ2v) is 8.98. The van der Waals surface area contributed by atoms with Gasteiger partial charge < -0.3 is 14.8 Å². The minimum atomic E-state index is -0.840. The second-order valence-electron chi connectivity index (χ2n) is 8.12. The summed E-state index contributed by atoms with van der Waals surface area (Å²) < 4.78 is 24.5. The van der Waals surface area contributed by atoms with Crippen molar-refractivity contribution in [2.75, 3.05) is 23.9 Å². The van der Waals surface area contributed by atoms with E-state index in [4.69, 9.17) is 9.47 Å². The van der Waals surface area contributed by atoms with Gasteiger partial charge in [0.15, 0.2) is 18.1 Å². The Labute approximate surface area is 225 Å². The number of benzene rings is 3. The number of carbonyl (C=O) groups excluding carboxylic acids is 4. The van der Waals surface area contributed by atoms with Crippen LogP contribution >= 0.6 is 15.9 Å². The van der Waals surface area contributed by atoms with Crippen molar-refractivity contribution in [3.8, 4) is 11.5 Å². The normalized spacial score (nSPS) is 14.4. The van der Waals surface area contributed by atoms with Crippen LogP contribution in [-0.2, 0) is 14.4 Å². The molecule has 38 heavy (non-hydrogen) atoms. The maximum absolute atomic E-state index is 13.2. The third-order valence-corrected chi connectivity index (χ3v) is 6.09. The largest absolute Gasteiger partial charge is 0.493 e. The molecule has 0 aliphatic carbocycles. The molecule has 0 bridgehead atoms. The number of para-hydroxylation sites is 1. The fourth-order valence-corrected chi connectivity index (χ4v) is 4.26. The van der Waals surface area contributed by atoms with Crippen molar-refractivity contribution in [3.05, 3.63) is 87.7 Å². The Morgan fingerprint density at radius 2 is 1.82 bits per heavy atom. The highest BCUT2D eigenvalue weighted by Crippen LogP contribution is 2.37. The minimum absolute atomic E-state index is 0.208. The number of ether oxygens (including phenoxy) is 2. The first-order valence-corrected chi connectivity index (χ1v) is 12.0. The fraction of sp³-hybridized carbons (Fsp3) is 0.111. The first kappa shape index (κ1) is 26.6. The smallest absolute Gasteiger partial charge is 0.335 e. The van der Waals surface area contributed by atoms with E-state index in [1.807, 2.05) is 0 Å². The molecule has 3 aromatic carbocycles. The van der Waals surface area contributed by atoms with Gasteiger partial charge in [-0.05, 0) is 82.5 Å². The average molecular weight is 582 g/mol. The Hall–Kier alpha value is -4.51. The molecule has 1 aliphatic rings. The fourth-order valence-electron chi connectivity index (χ4n) is 3.69. The van der Waals surface area contributed by atoms with E-state index < -0.39 is 29.6 Å². The third-order valence-electron chi connectivity index (χ3n) is 5.50. The van der Waals surface area contributed by atoms with Gasteiger partial charge in [0.2, 0.25) is 0 Å². The van der Waals surface area contributed by atoms with E-state index in [0.717, 1.165) is 4.90 Å². The standard InChI is InChI=1S/C27H21BrFN3O6/c1-15-5-3-4-6-21(15)32-26(35)19(25(34)31-27(32)36)11-16-12-20(28)24(22(13-16)37-2)38-14-23(33)30-18-9-7-17(29)8-10-18/h3-13H,14H2,1-2H3,(H,30,33)(H,31,34,36)/b19-11+. The van der Waals surface area contributed by atoms with E-state index in [9.17, 15) is 23.6 Å². The number of halogens is 2. The van der Waals surface area contributed by atoms with E-state index in [0.29, 0.717) is 27.0 Å². The summed E-state index contributed by atoms with van der Waals surface area (Å²) in [6, 6.07) is 14.3. The lowest BCUT2D eigenvalue weighted by Crippen LogP contribution is -2.54. The van der Waals surface area contributed by atoms with Crippen molar-refractivity contribution >= 4 is 57.1 Å². The van der Waals surface area contributed by atoms with E-state index in [1.165, 1.54) is 43.5 Å². The number of urea groups is 1. The van der Waals surface area contributed by atoms with Gasteiger partial charge >= 0.3 is 6.03 Å². The molecule has 0 radical (unpaired) electrons. The lowest BCUT2D eigenvalue weighted by molar-refractivity contribution is -0.122. The van der Waals surface area contributed by atoms with E-state index in [1.54, 1.807) is 37.3 Å². The summed E-state index contributed by atoms with van der Waals surface area (Å²) in [5.41, 5.74) is 1.58. The number of carbonyl (C=O) groups is 4. The monoisotopic (exact) mass is 581 g/mol. The van der Waals surface area contributed by atoms with E-state index >= 15 is 0 Å².